The van der Waals surface area contributed by atoms with E-state index >= 15 is 0 Å². The first kappa shape index (κ1) is 25.8. The van der Waals surface area contributed by atoms with E-state index in [1.807, 2.05) is 0 Å². The van der Waals surface area contributed by atoms with Crippen LogP contribution in [0, 0.1) is 23.1 Å². The van der Waals surface area contributed by atoms with Crippen LogP contribution in [0.3, 0.4) is 0 Å². The molecule has 2 aliphatic rings. The van der Waals surface area contributed by atoms with Crippen LogP contribution in [-0.4, -0.2) is 46.6 Å². The number of nitrogens with two attached hydrogens (primary N) is 1. The van der Waals surface area contributed by atoms with Crippen LogP contribution in [0.2, 0.25) is 0 Å². The number of rotatable bonds is 5. The van der Waals surface area contributed by atoms with Gasteiger partial charge in [-0.1, -0.05) is 25.3 Å². The molecule has 1 aromatic heterocycles. The zero-order chi connectivity index (χ0) is 26.1. The summed E-state index contributed by atoms with van der Waals surface area (Å²) >= 11 is 0. The number of halogens is 4. The van der Waals surface area contributed by atoms with Gasteiger partial charge in [-0.3, -0.25) is 9.69 Å². The Labute approximate surface area is 206 Å². The van der Waals surface area contributed by atoms with Crippen molar-refractivity contribution in [2.24, 2.45) is 11.7 Å². The summed E-state index contributed by atoms with van der Waals surface area (Å²) in [6.45, 7) is -0.112. The molecule has 2 unspecified atom stereocenters. The summed E-state index contributed by atoms with van der Waals surface area (Å²) < 4.78 is 57.3. The van der Waals surface area contributed by atoms with Crippen molar-refractivity contribution in [3.8, 4) is 17.3 Å². The number of nitrogens with one attached hydrogen (secondary N) is 1. The first-order valence-electron chi connectivity index (χ1n) is 12.0. The second-order valence-electron chi connectivity index (χ2n) is 9.50. The van der Waals surface area contributed by atoms with Gasteiger partial charge in [-0.2, -0.15) is 18.4 Å². The van der Waals surface area contributed by atoms with Gasteiger partial charge in [0.15, 0.2) is 0 Å². The number of primary amides is 1. The number of anilines is 1. The molecule has 2 heterocycles. The van der Waals surface area contributed by atoms with Crippen molar-refractivity contribution in [2.45, 2.75) is 62.7 Å². The Balaban J connectivity index is 1.88. The predicted octanol–water partition coefficient (Wildman–Crippen LogP) is 4.48. The highest BCUT2D eigenvalue weighted by atomic mass is 19.4. The monoisotopic (exact) mass is 504 g/mol. The number of aromatic nitrogens is 2. The fraction of sp³-hybridized carbons (Fsp3) is 0.520. The van der Waals surface area contributed by atoms with Gasteiger partial charge in [-0.05, 0) is 43.9 Å². The Morgan fingerprint density at radius 2 is 1.92 bits per heavy atom. The topological polar surface area (TPSA) is 108 Å². The van der Waals surface area contributed by atoms with Gasteiger partial charge in [-0.15, -0.1) is 0 Å². The average Bonchev–Trinajstić information content (AvgIpc) is 2.87. The minimum atomic E-state index is -4.50. The van der Waals surface area contributed by atoms with Crippen molar-refractivity contribution in [3.05, 3.63) is 41.3 Å². The van der Waals surface area contributed by atoms with E-state index in [-0.39, 0.29) is 30.9 Å². The Hall–Kier alpha value is -3.26. The highest BCUT2D eigenvalue weighted by Gasteiger charge is 2.55. The van der Waals surface area contributed by atoms with Crippen molar-refractivity contribution in [1.29, 1.82) is 5.26 Å². The highest BCUT2D eigenvalue weighted by Crippen LogP contribution is 2.48. The summed E-state index contributed by atoms with van der Waals surface area (Å²) in [5.74, 6) is -1.84. The molecule has 2 atom stereocenters. The Morgan fingerprint density at radius 3 is 2.50 bits per heavy atom. The number of alkyl halides is 3. The lowest BCUT2D eigenvalue weighted by molar-refractivity contribution is -0.217. The molecule has 1 aliphatic heterocycles. The zero-order valence-corrected chi connectivity index (χ0v) is 19.9. The number of benzene rings is 1. The molecule has 0 spiro atoms. The maximum absolute atomic E-state index is 14.4. The van der Waals surface area contributed by atoms with Crippen LogP contribution in [0.15, 0.2) is 24.3 Å². The first-order chi connectivity index (χ1) is 17.1. The summed E-state index contributed by atoms with van der Waals surface area (Å²) in [7, 11) is 1.60. The molecular formula is C25H28F4N6O. The van der Waals surface area contributed by atoms with E-state index < -0.39 is 35.4 Å². The van der Waals surface area contributed by atoms with Crippen LogP contribution in [-0.2, 0) is 10.3 Å². The number of carbonyl (C=O) groups is 1. The average molecular weight is 505 g/mol. The Kier molecular flexibility index (Phi) is 7.18. The predicted molar refractivity (Wildman–Crippen MR) is 125 cm³/mol. The van der Waals surface area contributed by atoms with Crippen LogP contribution >= 0.6 is 0 Å². The molecule has 2 fully saturated rings. The zero-order valence-electron chi connectivity index (χ0n) is 19.9. The maximum Gasteiger partial charge on any atom is 0.404 e. The van der Waals surface area contributed by atoms with Gasteiger partial charge in [0.25, 0.3) is 0 Å². The van der Waals surface area contributed by atoms with Gasteiger partial charge >= 0.3 is 6.18 Å². The molecule has 1 saturated heterocycles. The summed E-state index contributed by atoms with van der Waals surface area (Å²) in [5, 5.41) is 11.9. The molecule has 1 saturated carbocycles. The van der Waals surface area contributed by atoms with Crippen molar-refractivity contribution in [1.82, 2.24) is 14.9 Å². The smallest absolute Gasteiger partial charge is 0.369 e. The molecule has 0 radical (unpaired) electrons. The molecule has 36 heavy (non-hydrogen) atoms. The van der Waals surface area contributed by atoms with E-state index in [4.69, 9.17) is 11.0 Å². The second kappa shape index (κ2) is 10.0. The maximum atomic E-state index is 14.4. The third-order valence-corrected chi connectivity index (χ3v) is 7.40. The van der Waals surface area contributed by atoms with Gasteiger partial charge in [0.2, 0.25) is 11.9 Å². The largest absolute Gasteiger partial charge is 0.404 e. The fourth-order valence-electron chi connectivity index (χ4n) is 5.55. The second-order valence-corrected chi connectivity index (χ2v) is 9.50. The number of hydrogen-bond donors (Lipinski definition) is 2. The Bertz CT molecular complexity index is 1170. The highest BCUT2D eigenvalue weighted by molar-refractivity contribution is 5.77. The van der Waals surface area contributed by atoms with E-state index in [0.717, 1.165) is 6.42 Å². The third kappa shape index (κ3) is 4.87. The lowest BCUT2D eigenvalue weighted by atomic mass is 9.74. The van der Waals surface area contributed by atoms with Crippen molar-refractivity contribution < 1.29 is 22.4 Å². The van der Waals surface area contributed by atoms with Gasteiger partial charge in [0, 0.05) is 19.2 Å². The van der Waals surface area contributed by atoms with Gasteiger partial charge in [-0.25, -0.2) is 14.4 Å². The normalized spacial score (nSPS) is 22.6. The number of piperidine rings is 1. The van der Waals surface area contributed by atoms with Crippen LogP contribution < -0.4 is 11.1 Å². The molecule has 4 rings (SSSR count). The van der Waals surface area contributed by atoms with Crippen molar-refractivity contribution in [3.63, 3.8) is 0 Å². The summed E-state index contributed by atoms with van der Waals surface area (Å²) in [5.41, 5.74) is 5.41. The van der Waals surface area contributed by atoms with Crippen LogP contribution in [0.4, 0.5) is 23.5 Å². The number of nitrogens with zero attached hydrogens (tertiary/aromatic N) is 4. The van der Waals surface area contributed by atoms with Crippen LogP contribution in [0.25, 0.3) is 11.3 Å². The van der Waals surface area contributed by atoms with E-state index in [1.165, 1.54) is 17.0 Å². The molecule has 11 heteroatoms. The molecule has 7 nitrogen and oxygen atoms in total. The summed E-state index contributed by atoms with van der Waals surface area (Å²) in [6.07, 6.45) is -1.53. The lowest BCUT2D eigenvalue weighted by Gasteiger charge is -2.52. The number of nitriles is 1. The summed E-state index contributed by atoms with van der Waals surface area (Å²) in [6, 6.07) is 5.70. The van der Waals surface area contributed by atoms with Gasteiger partial charge in [0.05, 0.1) is 28.4 Å². The van der Waals surface area contributed by atoms with Gasteiger partial charge < -0.3 is 11.1 Å². The number of amides is 1. The summed E-state index contributed by atoms with van der Waals surface area (Å²) in [4.78, 5) is 22.4. The minimum Gasteiger partial charge on any atom is -0.369 e. The Morgan fingerprint density at radius 1 is 1.19 bits per heavy atom. The van der Waals surface area contributed by atoms with E-state index in [0.29, 0.717) is 42.6 Å². The quantitative estimate of drug-likeness (QED) is 0.582. The third-order valence-electron chi connectivity index (χ3n) is 7.40. The van der Waals surface area contributed by atoms with Gasteiger partial charge in [0.1, 0.15) is 17.9 Å². The molecule has 192 valence electrons. The molecular weight excluding hydrogens is 476 g/mol. The molecule has 3 N–H and O–H groups in total. The number of carbonyl (C=O) groups excluding carboxylic acids is 1. The van der Waals surface area contributed by atoms with Crippen LogP contribution in [0.1, 0.15) is 56.2 Å². The molecule has 1 amide bonds. The molecule has 1 aliphatic carbocycles. The number of hydrogen-bond acceptors (Lipinski definition) is 6. The van der Waals surface area contributed by atoms with Crippen molar-refractivity contribution in [2.75, 3.05) is 18.9 Å². The molecule has 2 aromatic rings. The fourth-order valence-corrected chi connectivity index (χ4v) is 5.55. The SMILES string of the molecule is CNc1nc(-c2ccc(C#N)c(F)c2)cc(C2(N3CC(C(N)=O)CCC3C(F)(F)F)CCCCC2)n1. The first-order valence-corrected chi connectivity index (χ1v) is 12.0. The molecule has 1 aromatic carbocycles. The lowest BCUT2D eigenvalue weighted by Crippen LogP contribution is -2.62. The van der Waals surface area contributed by atoms with E-state index in [2.05, 4.69) is 15.3 Å². The molecule has 0 bridgehead atoms. The van der Waals surface area contributed by atoms with Crippen molar-refractivity contribution >= 4 is 11.9 Å². The van der Waals surface area contributed by atoms with E-state index in [9.17, 15) is 22.4 Å². The van der Waals surface area contributed by atoms with Crippen LogP contribution in [0.5, 0.6) is 0 Å². The van der Waals surface area contributed by atoms with E-state index in [1.54, 1.807) is 25.2 Å². The minimum absolute atomic E-state index is 0.0768. The number of likely N-dealkylation sites (tertiary alicyclic amines) is 1. The standard InChI is InChI=1S/C25H28F4N6O/c1-32-23-33-19(15-5-6-16(13-30)18(26)11-15)12-20(34-23)24(9-3-2-4-10-24)35-14-17(22(31)36)7-8-21(35)25(27,28)29/h5-6,11-12,17,21H,2-4,7-10,14H2,1H3,(H2,31,36)(H,32,33,34).